The fraction of sp³-hybridized carbons (Fsp3) is 0.360. The molecule has 0 spiro atoms. The molecule has 2 aliphatic rings. The van der Waals surface area contributed by atoms with E-state index >= 15 is 0 Å². The summed E-state index contributed by atoms with van der Waals surface area (Å²) in [5.41, 5.74) is 1.53. The number of benzene rings is 2. The zero-order chi connectivity index (χ0) is 25.3. The van der Waals surface area contributed by atoms with Crippen molar-refractivity contribution in [2.45, 2.75) is 38.0 Å². The van der Waals surface area contributed by atoms with Crippen LogP contribution in [0.5, 0.6) is 23.0 Å². The standard InChI is InChI=1S/C25H26N2O8/c1-4-35-22-10-14(8-19(25(22)30)27(31)32)17-12-23(29)26-18-7-13(9-20(28)24(17)18)16-11-15(33-2)5-6-21(16)34-3/h5-6,8,10-11,13,17,30H,4,7,9,12H2,1-3H3,(H,26,29). The number of nitro benzene ring substituents is 1. The number of Topliss-reactive ketones (excluding diaryl/α,β-unsaturated/α-hetero) is 1. The van der Waals surface area contributed by atoms with Crippen LogP contribution >= 0.6 is 0 Å². The minimum absolute atomic E-state index is 0.0504. The zero-order valence-corrected chi connectivity index (χ0v) is 19.6. The second kappa shape index (κ2) is 9.65. The smallest absolute Gasteiger partial charge is 0.314 e. The lowest BCUT2D eigenvalue weighted by Crippen LogP contribution is -2.38. The van der Waals surface area contributed by atoms with Crippen LogP contribution in [-0.2, 0) is 9.59 Å². The number of nitrogens with one attached hydrogen (secondary N) is 1. The van der Waals surface area contributed by atoms with Crippen LogP contribution in [0.4, 0.5) is 5.69 Å². The largest absolute Gasteiger partial charge is 0.500 e. The molecular formula is C25H26N2O8. The summed E-state index contributed by atoms with van der Waals surface area (Å²) in [4.78, 5) is 36.9. The number of methoxy groups -OCH3 is 2. The van der Waals surface area contributed by atoms with Crippen molar-refractivity contribution in [3.8, 4) is 23.0 Å². The lowest BCUT2D eigenvalue weighted by Gasteiger charge is -2.35. The van der Waals surface area contributed by atoms with E-state index in [4.69, 9.17) is 14.2 Å². The molecule has 35 heavy (non-hydrogen) atoms. The van der Waals surface area contributed by atoms with Gasteiger partial charge in [-0.15, -0.1) is 0 Å². The first-order valence-electron chi connectivity index (χ1n) is 11.2. The summed E-state index contributed by atoms with van der Waals surface area (Å²) in [6, 6.07) is 8.03. The highest BCUT2D eigenvalue weighted by molar-refractivity contribution is 6.02. The number of aromatic hydroxyl groups is 1. The normalized spacial score (nSPS) is 19.6. The lowest BCUT2D eigenvalue weighted by molar-refractivity contribution is -0.386. The van der Waals surface area contributed by atoms with E-state index in [2.05, 4.69) is 5.32 Å². The van der Waals surface area contributed by atoms with Crippen LogP contribution in [0.3, 0.4) is 0 Å². The highest BCUT2D eigenvalue weighted by Gasteiger charge is 2.40. The molecule has 1 aliphatic heterocycles. The van der Waals surface area contributed by atoms with Gasteiger partial charge in [0.25, 0.3) is 0 Å². The maximum atomic E-state index is 13.5. The zero-order valence-electron chi connectivity index (χ0n) is 19.6. The van der Waals surface area contributed by atoms with Crippen molar-refractivity contribution >= 4 is 17.4 Å². The number of hydrogen-bond donors (Lipinski definition) is 2. The molecule has 0 saturated carbocycles. The number of rotatable bonds is 7. The number of ether oxygens (including phenoxy) is 3. The maximum absolute atomic E-state index is 13.5. The third-order valence-corrected chi connectivity index (χ3v) is 6.39. The van der Waals surface area contributed by atoms with Gasteiger partial charge in [-0.05, 0) is 43.2 Å². The molecule has 184 valence electrons. The molecule has 0 bridgehead atoms. The van der Waals surface area contributed by atoms with Gasteiger partial charge < -0.3 is 24.6 Å². The molecule has 4 rings (SSSR count). The summed E-state index contributed by atoms with van der Waals surface area (Å²) >= 11 is 0. The van der Waals surface area contributed by atoms with Crippen molar-refractivity contribution < 1.29 is 33.8 Å². The Balaban J connectivity index is 1.78. The monoisotopic (exact) mass is 482 g/mol. The van der Waals surface area contributed by atoms with E-state index in [1.165, 1.54) is 12.1 Å². The summed E-state index contributed by atoms with van der Waals surface area (Å²) in [5, 5.41) is 24.6. The third-order valence-electron chi connectivity index (χ3n) is 6.39. The molecular weight excluding hydrogens is 456 g/mol. The predicted molar refractivity (Wildman–Crippen MR) is 125 cm³/mol. The highest BCUT2D eigenvalue weighted by Crippen LogP contribution is 2.47. The Morgan fingerprint density at radius 3 is 2.51 bits per heavy atom. The first-order valence-corrected chi connectivity index (χ1v) is 11.2. The van der Waals surface area contributed by atoms with Gasteiger partial charge in [0.05, 0.1) is 25.7 Å². The summed E-state index contributed by atoms with van der Waals surface area (Å²) < 4.78 is 16.2. The van der Waals surface area contributed by atoms with Crippen LogP contribution in [-0.4, -0.2) is 42.5 Å². The average Bonchev–Trinajstić information content (AvgIpc) is 2.83. The van der Waals surface area contributed by atoms with E-state index in [0.29, 0.717) is 34.8 Å². The van der Waals surface area contributed by atoms with E-state index in [9.17, 15) is 24.8 Å². The van der Waals surface area contributed by atoms with Gasteiger partial charge in [0.2, 0.25) is 11.7 Å². The molecule has 2 N–H and O–H groups in total. The number of amides is 1. The van der Waals surface area contributed by atoms with Crippen molar-refractivity contribution in [2.75, 3.05) is 20.8 Å². The van der Waals surface area contributed by atoms with Gasteiger partial charge in [-0.1, -0.05) is 0 Å². The summed E-state index contributed by atoms with van der Waals surface area (Å²) in [5.74, 6) is -0.827. The minimum atomic E-state index is -0.715. The second-order valence-corrected chi connectivity index (χ2v) is 8.41. The van der Waals surface area contributed by atoms with E-state index < -0.39 is 22.3 Å². The molecule has 2 aromatic rings. The number of nitro groups is 1. The topological polar surface area (TPSA) is 137 Å². The third kappa shape index (κ3) is 4.51. The van der Waals surface area contributed by atoms with E-state index in [-0.39, 0.29) is 42.8 Å². The lowest BCUT2D eigenvalue weighted by atomic mass is 9.73. The first-order chi connectivity index (χ1) is 16.8. The van der Waals surface area contributed by atoms with E-state index in [0.717, 1.165) is 5.56 Å². The first kappa shape index (κ1) is 24.1. The van der Waals surface area contributed by atoms with Crippen LogP contribution < -0.4 is 19.5 Å². The minimum Gasteiger partial charge on any atom is -0.500 e. The number of nitrogens with zero attached hydrogens (tertiary/aromatic N) is 1. The number of carbonyl (C=O) groups excluding carboxylic acids is 2. The molecule has 1 aliphatic carbocycles. The molecule has 10 heteroatoms. The molecule has 1 heterocycles. The number of allylic oxidation sites excluding steroid dienone is 2. The Kier molecular flexibility index (Phi) is 6.63. The SMILES string of the molecule is CCOc1cc(C2CC(=O)NC3=C2C(=O)CC(c2cc(OC)ccc2OC)C3)cc([N+](=O)[O-])c1O. The number of ketones is 1. The van der Waals surface area contributed by atoms with Gasteiger partial charge in [0, 0.05) is 47.6 Å². The van der Waals surface area contributed by atoms with Crippen molar-refractivity contribution in [3.05, 3.63) is 62.8 Å². The van der Waals surface area contributed by atoms with Crippen LogP contribution in [0.1, 0.15) is 49.1 Å². The molecule has 2 unspecified atom stereocenters. The van der Waals surface area contributed by atoms with Crippen LogP contribution in [0.2, 0.25) is 0 Å². The van der Waals surface area contributed by atoms with Crippen molar-refractivity contribution in [1.29, 1.82) is 0 Å². The van der Waals surface area contributed by atoms with E-state index in [1.807, 2.05) is 6.07 Å². The Labute approximate surface area is 201 Å². The number of phenols is 1. The molecule has 0 aromatic heterocycles. The molecule has 2 aromatic carbocycles. The van der Waals surface area contributed by atoms with E-state index in [1.54, 1.807) is 33.3 Å². The van der Waals surface area contributed by atoms with Gasteiger partial charge in [-0.25, -0.2) is 0 Å². The van der Waals surface area contributed by atoms with Gasteiger partial charge in [-0.3, -0.25) is 19.7 Å². The predicted octanol–water partition coefficient (Wildman–Crippen LogP) is 3.72. The Morgan fingerprint density at radius 1 is 1.09 bits per heavy atom. The van der Waals surface area contributed by atoms with Crippen LogP contribution in [0, 0.1) is 10.1 Å². The van der Waals surface area contributed by atoms with Crippen LogP contribution in [0.25, 0.3) is 0 Å². The molecule has 0 radical (unpaired) electrons. The summed E-state index contributed by atoms with van der Waals surface area (Å²) in [6.07, 6.45) is 0.504. The highest BCUT2D eigenvalue weighted by atomic mass is 16.6. The fourth-order valence-corrected chi connectivity index (χ4v) is 4.84. The van der Waals surface area contributed by atoms with Crippen molar-refractivity contribution in [2.24, 2.45) is 0 Å². The van der Waals surface area contributed by atoms with Crippen LogP contribution in [0.15, 0.2) is 41.6 Å². The molecule has 1 amide bonds. The summed E-state index contributed by atoms with van der Waals surface area (Å²) in [7, 11) is 3.10. The van der Waals surface area contributed by atoms with Gasteiger partial charge in [0.15, 0.2) is 11.5 Å². The van der Waals surface area contributed by atoms with Gasteiger partial charge in [0.1, 0.15) is 11.5 Å². The average molecular weight is 482 g/mol. The molecule has 10 nitrogen and oxygen atoms in total. The second-order valence-electron chi connectivity index (χ2n) is 8.41. The maximum Gasteiger partial charge on any atom is 0.314 e. The number of phenolic OH excluding ortho intramolecular Hbond substituents is 1. The Morgan fingerprint density at radius 2 is 1.86 bits per heavy atom. The fourth-order valence-electron chi connectivity index (χ4n) is 4.84. The van der Waals surface area contributed by atoms with Crippen molar-refractivity contribution in [1.82, 2.24) is 5.32 Å². The van der Waals surface area contributed by atoms with Crippen molar-refractivity contribution in [3.63, 3.8) is 0 Å². The Hall–Kier alpha value is -4.08. The van der Waals surface area contributed by atoms with Gasteiger partial charge >= 0.3 is 5.69 Å². The molecule has 0 saturated heterocycles. The number of hydrogen-bond acceptors (Lipinski definition) is 8. The van der Waals surface area contributed by atoms with Gasteiger partial charge in [-0.2, -0.15) is 0 Å². The summed E-state index contributed by atoms with van der Waals surface area (Å²) in [6.45, 7) is 1.86. The molecule has 0 fully saturated rings. The quantitative estimate of drug-likeness (QED) is 0.450. The molecule has 2 atom stereocenters. The number of carbonyl (C=O) groups is 2. The Bertz CT molecular complexity index is 1240.